The summed E-state index contributed by atoms with van der Waals surface area (Å²) in [6.07, 6.45) is 2.17. The summed E-state index contributed by atoms with van der Waals surface area (Å²) in [6, 6.07) is 0. The van der Waals surface area contributed by atoms with Crippen LogP contribution in [-0.2, 0) is 9.47 Å². The highest BCUT2D eigenvalue weighted by Gasteiger charge is 2.17. The molecule has 0 unspecified atom stereocenters. The monoisotopic (exact) mass is 270 g/mol. The maximum Gasteiger partial charge on any atom is 0.350 e. The molecule has 100 valence electrons. The van der Waals surface area contributed by atoms with E-state index in [1.54, 1.807) is 0 Å². The molecular weight excluding hydrogens is 252 g/mol. The van der Waals surface area contributed by atoms with E-state index in [2.05, 4.69) is 10.3 Å². The second-order valence-electron chi connectivity index (χ2n) is 4.36. The fraction of sp³-hybridized carbons (Fsp3) is 0.667. The minimum atomic E-state index is -0.316. The molecule has 5 nitrogen and oxygen atoms in total. The number of hydrogen-bond acceptors (Lipinski definition) is 6. The Morgan fingerprint density at radius 3 is 2.94 bits per heavy atom. The highest BCUT2D eigenvalue weighted by atomic mass is 32.1. The van der Waals surface area contributed by atoms with Gasteiger partial charge < -0.3 is 14.8 Å². The van der Waals surface area contributed by atoms with Gasteiger partial charge in [-0.2, -0.15) is 0 Å². The zero-order valence-electron chi connectivity index (χ0n) is 10.7. The van der Waals surface area contributed by atoms with Crippen molar-refractivity contribution in [3.05, 3.63) is 10.6 Å². The van der Waals surface area contributed by atoms with Crippen molar-refractivity contribution in [1.29, 1.82) is 0 Å². The number of nitrogens with one attached hydrogen (secondary N) is 1. The van der Waals surface area contributed by atoms with Crippen molar-refractivity contribution in [3.63, 3.8) is 0 Å². The van der Waals surface area contributed by atoms with E-state index in [1.807, 2.05) is 6.92 Å². The lowest BCUT2D eigenvalue weighted by atomic mass is 10.0. The van der Waals surface area contributed by atoms with Gasteiger partial charge in [0.15, 0.2) is 5.13 Å². The number of hydrogen-bond donors (Lipinski definition) is 1. The molecule has 1 aromatic rings. The first-order valence-corrected chi connectivity index (χ1v) is 6.89. The molecule has 1 fully saturated rings. The molecule has 0 bridgehead atoms. The molecule has 1 aliphatic rings. The van der Waals surface area contributed by atoms with E-state index in [-0.39, 0.29) is 5.97 Å². The number of esters is 1. The lowest BCUT2D eigenvalue weighted by molar-refractivity contribution is 0.0605. The summed E-state index contributed by atoms with van der Waals surface area (Å²) in [5.74, 6) is 0.314. The molecule has 1 saturated heterocycles. The van der Waals surface area contributed by atoms with Gasteiger partial charge in [-0.15, -0.1) is 0 Å². The van der Waals surface area contributed by atoms with Gasteiger partial charge in [-0.3, -0.25) is 0 Å². The van der Waals surface area contributed by atoms with E-state index in [9.17, 15) is 4.79 Å². The number of carbonyl (C=O) groups is 1. The van der Waals surface area contributed by atoms with Crippen molar-refractivity contribution in [2.45, 2.75) is 19.8 Å². The fourth-order valence-electron chi connectivity index (χ4n) is 1.94. The average Bonchev–Trinajstić information content (AvgIpc) is 2.78. The second-order valence-corrected chi connectivity index (χ2v) is 5.36. The number of aromatic nitrogens is 1. The lowest BCUT2D eigenvalue weighted by Gasteiger charge is -2.21. The van der Waals surface area contributed by atoms with Crippen LogP contribution in [0, 0.1) is 12.8 Å². The van der Waals surface area contributed by atoms with Gasteiger partial charge in [-0.25, -0.2) is 9.78 Å². The van der Waals surface area contributed by atoms with Crippen molar-refractivity contribution in [2.24, 2.45) is 5.92 Å². The number of carbonyl (C=O) groups excluding carboxylic acids is 1. The van der Waals surface area contributed by atoms with Gasteiger partial charge in [-0.05, 0) is 25.7 Å². The van der Waals surface area contributed by atoms with Crippen LogP contribution < -0.4 is 5.32 Å². The van der Waals surface area contributed by atoms with E-state index < -0.39 is 0 Å². The largest absolute Gasteiger partial charge is 0.465 e. The number of rotatable bonds is 4. The Morgan fingerprint density at radius 1 is 1.56 bits per heavy atom. The third kappa shape index (κ3) is 3.20. The Kier molecular flexibility index (Phi) is 4.54. The summed E-state index contributed by atoms with van der Waals surface area (Å²) in [5.41, 5.74) is 0.723. The first-order chi connectivity index (χ1) is 8.70. The van der Waals surface area contributed by atoms with Crippen molar-refractivity contribution < 1.29 is 14.3 Å². The van der Waals surface area contributed by atoms with Gasteiger partial charge in [-0.1, -0.05) is 11.3 Å². The molecule has 0 saturated carbocycles. The maximum atomic E-state index is 11.5. The van der Waals surface area contributed by atoms with Crippen molar-refractivity contribution in [2.75, 3.05) is 32.2 Å². The van der Waals surface area contributed by atoms with E-state index in [0.29, 0.717) is 10.8 Å². The third-order valence-electron chi connectivity index (χ3n) is 3.05. The van der Waals surface area contributed by atoms with Gasteiger partial charge >= 0.3 is 5.97 Å². The number of aryl methyl sites for hydroxylation is 1. The summed E-state index contributed by atoms with van der Waals surface area (Å²) in [6.45, 7) is 4.40. The molecule has 0 aliphatic carbocycles. The van der Waals surface area contributed by atoms with Crippen LogP contribution in [0.2, 0.25) is 0 Å². The Hall–Kier alpha value is -1.14. The SMILES string of the molecule is COC(=O)c1sc(NCC2CCOCC2)nc1C. The van der Waals surface area contributed by atoms with E-state index >= 15 is 0 Å². The number of anilines is 1. The number of ether oxygens (including phenoxy) is 2. The molecule has 1 aromatic heterocycles. The average molecular weight is 270 g/mol. The summed E-state index contributed by atoms with van der Waals surface area (Å²) in [7, 11) is 1.39. The molecule has 0 aromatic carbocycles. The van der Waals surface area contributed by atoms with E-state index in [4.69, 9.17) is 9.47 Å². The molecule has 6 heteroatoms. The van der Waals surface area contributed by atoms with Crippen molar-refractivity contribution in [3.8, 4) is 0 Å². The second kappa shape index (κ2) is 6.15. The molecule has 0 atom stereocenters. The highest BCUT2D eigenvalue weighted by molar-refractivity contribution is 7.17. The standard InChI is InChI=1S/C12H18N2O3S/c1-8-10(11(15)16-2)18-12(14-8)13-7-9-3-5-17-6-4-9/h9H,3-7H2,1-2H3,(H,13,14). The maximum absolute atomic E-state index is 11.5. The topological polar surface area (TPSA) is 60.5 Å². The van der Waals surface area contributed by atoms with Crippen LogP contribution in [-0.4, -0.2) is 37.8 Å². The summed E-state index contributed by atoms with van der Waals surface area (Å²) < 4.78 is 10.0. The van der Waals surface area contributed by atoms with Crippen LogP contribution in [0.15, 0.2) is 0 Å². The van der Waals surface area contributed by atoms with Crippen LogP contribution in [0.25, 0.3) is 0 Å². The highest BCUT2D eigenvalue weighted by Crippen LogP contribution is 2.24. The molecule has 2 heterocycles. The minimum Gasteiger partial charge on any atom is -0.465 e. The van der Waals surface area contributed by atoms with Crippen LogP contribution in [0.4, 0.5) is 5.13 Å². The van der Waals surface area contributed by atoms with E-state index in [1.165, 1.54) is 18.4 Å². The summed E-state index contributed by atoms with van der Waals surface area (Å²) in [4.78, 5) is 16.4. The molecule has 0 spiro atoms. The normalized spacial score (nSPS) is 16.6. The molecule has 1 aliphatic heterocycles. The number of thiazole rings is 1. The smallest absolute Gasteiger partial charge is 0.350 e. The Labute approximate surface area is 111 Å². The van der Waals surface area contributed by atoms with Gasteiger partial charge in [0.2, 0.25) is 0 Å². The predicted octanol–water partition coefficient (Wildman–Crippen LogP) is 2.08. The number of methoxy groups -OCH3 is 1. The zero-order chi connectivity index (χ0) is 13.0. The first-order valence-electron chi connectivity index (χ1n) is 6.08. The van der Waals surface area contributed by atoms with Gasteiger partial charge in [0, 0.05) is 19.8 Å². The first kappa shape index (κ1) is 13.3. The van der Waals surface area contributed by atoms with Crippen molar-refractivity contribution >= 4 is 22.4 Å². The quantitative estimate of drug-likeness (QED) is 0.849. The summed E-state index contributed by atoms with van der Waals surface area (Å²) in [5, 5.41) is 4.09. The van der Waals surface area contributed by atoms with Crippen LogP contribution >= 0.6 is 11.3 Å². The van der Waals surface area contributed by atoms with Gasteiger partial charge in [0.05, 0.1) is 12.8 Å². The van der Waals surface area contributed by atoms with Crippen LogP contribution in [0.3, 0.4) is 0 Å². The molecule has 2 rings (SSSR count). The molecule has 0 radical (unpaired) electrons. The predicted molar refractivity (Wildman–Crippen MR) is 70.2 cm³/mol. The Morgan fingerprint density at radius 2 is 2.28 bits per heavy atom. The Bertz CT molecular complexity index is 413. The lowest BCUT2D eigenvalue weighted by Crippen LogP contribution is -2.22. The van der Waals surface area contributed by atoms with Crippen LogP contribution in [0.5, 0.6) is 0 Å². The van der Waals surface area contributed by atoms with Crippen LogP contribution in [0.1, 0.15) is 28.2 Å². The van der Waals surface area contributed by atoms with Gasteiger partial charge in [0.25, 0.3) is 0 Å². The molecule has 0 amide bonds. The fourth-order valence-corrected chi connectivity index (χ4v) is 2.83. The molecular formula is C12H18N2O3S. The van der Waals surface area contributed by atoms with Gasteiger partial charge in [0.1, 0.15) is 4.88 Å². The number of nitrogens with zero attached hydrogens (tertiary/aromatic N) is 1. The van der Waals surface area contributed by atoms with E-state index in [0.717, 1.165) is 43.4 Å². The minimum absolute atomic E-state index is 0.316. The molecule has 18 heavy (non-hydrogen) atoms. The zero-order valence-corrected chi connectivity index (χ0v) is 11.5. The Balaban J connectivity index is 1.91. The molecule has 1 N–H and O–H groups in total. The van der Waals surface area contributed by atoms with Crippen molar-refractivity contribution in [1.82, 2.24) is 4.98 Å². The third-order valence-corrected chi connectivity index (χ3v) is 4.15. The summed E-state index contributed by atoms with van der Waals surface area (Å²) >= 11 is 1.35.